The largest absolute Gasteiger partial charge is 0.463 e. The van der Waals surface area contributed by atoms with Crippen LogP contribution >= 0.6 is 0 Å². The molecule has 0 radical (unpaired) electrons. The minimum absolute atomic E-state index is 0.282. The number of hydrogen-bond donors (Lipinski definition) is 0. The standard InChI is InChI=1S/C27H22O4/c1-2-30-24(28)18-17-22-21-15-9-10-16-23(21)31-27(29)26(22)25(19-11-5-3-6-12-19)20-13-7-4-8-14-20/h3-18,25H,2H2,1H3/b18-17+. The van der Waals surface area contributed by atoms with Gasteiger partial charge in [-0.1, -0.05) is 78.9 Å². The van der Waals surface area contributed by atoms with Gasteiger partial charge >= 0.3 is 11.6 Å². The topological polar surface area (TPSA) is 56.5 Å². The number of rotatable bonds is 6. The van der Waals surface area contributed by atoms with Gasteiger partial charge < -0.3 is 9.15 Å². The van der Waals surface area contributed by atoms with Crippen molar-refractivity contribution in [1.29, 1.82) is 0 Å². The Hall–Kier alpha value is -3.92. The highest BCUT2D eigenvalue weighted by atomic mass is 16.5. The van der Waals surface area contributed by atoms with Gasteiger partial charge in [0.25, 0.3) is 0 Å². The van der Waals surface area contributed by atoms with E-state index in [1.54, 1.807) is 19.1 Å². The van der Waals surface area contributed by atoms with E-state index in [1.165, 1.54) is 6.08 Å². The minimum Gasteiger partial charge on any atom is -0.463 e. The fraction of sp³-hybridized carbons (Fsp3) is 0.111. The van der Waals surface area contributed by atoms with E-state index in [-0.39, 0.29) is 12.5 Å². The molecule has 0 fully saturated rings. The van der Waals surface area contributed by atoms with Crippen molar-refractivity contribution in [2.75, 3.05) is 6.61 Å². The van der Waals surface area contributed by atoms with Crippen LogP contribution in [0, 0.1) is 0 Å². The summed E-state index contributed by atoms with van der Waals surface area (Å²) in [6, 6.07) is 27.0. The molecule has 4 heteroatoms. The van der Waals surface area contributed by atoms with Gasteiger partial charge in [-0.25, -0.2) is 9.59 Å². The number of esters is 1. The maximum Gasteiger partial charge on any atom is 0.341 e. The second kappa shape index (κ2) is 9.26. The van der Waals surface area contributed by atoms with E-state index in [9.17, 15) is 9.59 Å². The number of benzene rings is 3. The Morgan fingerprint density at radius 2 is 1.48 bits per heavy atom. The molecule has 0 unspecified atom stereocenters. The maximum absolute atomic E-state index is 13.3. The fourth-order valence-corrected chi connectivity index (χ4v) is 3.80. The summed E-state index contributed by atoms with van der Waals surface area (Å²) in [7, 11) is 0. The Morgan fingerprint density at radius 1 is 0.903 bits per heavy atom. The molecule has 3 aromatic carbocycles. The smallest absolute Gasteiger partial charge is 0.341 e. The molecule has 0 aliphatic carbocycles. The first-order valence-corrected chi connectivity index (χ1v) is 10.2. The molecular formula is C27H22O4. The number of hydrogen-bond acceptors (Lipinski definition) is 4. The third kappa shape index (κ3) is 4.33. The first-order chi connectivity index (χ1) is 15.2. The number of ether oxygens (including phenoxy) is 1. The van der Waals surface area contributed by atoms with Gasteiger partial charge in [0.05, 0.1) is 12.2 Å². The van der Waals surface area contributed by atoms with Crippen molar-refractivity contribution in [2.24, 2.45) is 0 Å². The molecule has 1 aromatic heterocycles. The monoisotopic (exact) mass is 410 g/mol. The molecule has 4 rings (SSSR count). The summed E-state index contributed by atoms with van der Waals surface area (Å²) in [6.45, 7) is 2.04. The van der Waals surface area contributed by atoms with Crippen LogP contribution in [0.4, 0.5) is 0 Å². The molecule has 0 aliphatic heterocycles. The summed E-state index contributed by atoms with van der Waals surface area (Å²) >= 11 is 0. The van der Waals surface area contributed by atoms with Gasteiger partial charge in [0, 0.05) is 17.4 Å². The lowest BCUT2D eigenvalue weighted by Gasteiger charge is -2.20. The third-order valence-corrected chi connectivity index (χ3v) is 5.12. The second-order valence-corrected chi connectivity index (χ2v) is 7.05. The highest BCUT2D eigenvalue weighted by molar-refractivity contribution is 5.94. The summed E-state index contributed by atoms with van der Waals surface area (Å²) in [4.78, 5) is 25.3. The Bertz CT molecular complexity index is 1230. The van der Waals surface area contributed by atoms with Gasteiger partial charge in [-0.3, -0.25) is 0 Å². The van der Waals surface area contributed by atoms with Crippen LogP contribution in [-0.2, 0) is 9.53 Å². The second-order valence-electron chi connectivity index (χ2n) is 7.05. The molecule has 4 nitrogen and oxygen atoms in total. The first kappa shape index (κ1) is 20.4. The van der Waals surface area contributed by atoms with Crippen LogP contribution in [0.5, 0.6) is 0 Å². The number of carbonyl (C=O) groups excluding carboxylic acids is 1. The first-order valence-electron chi connectivity index (χ1n) is 10.2. The van der Waals surface area contributed by atoms with Crippen LogP contribution in [-0.4, -0.2) is 12.6 Å². The zero-order valence-electron chi connectivity index (χ0n) is 17.2. The summed E-state index contributed by atoms with van der Waals surface area (Å²) in [5.74, 6) is -0.813. The maximum atomic E-state index is 13.3. The van der Waals surface area contributed by atoms with Crippen LogP contribution in [0.3, 0.4) is 0 Å². The Labute approximate surface area is 180 Å². The molecule has 0 aliphatic rings. The van der Waals surface area contributed by atoms with Crippen molar-refractivity contribution in [3.05, 3.63) is 124 Å². The molecule has 0 atom stereocenters. The SMILES string of the molecule is CCOC(=O)/C=C/c1c(C(c2ccccc2)c2ccccc2)c(=O)oc2ccccc12. The fourth-order valence-electron chi connectivity index (χ4n) is 3.80. The Morgan fingerprint density at radius 3 is 2.10 bits per heavy atom. The van der Waals surface area contributed by atoms with Gasteiger partial charge in [0.2, 0.25) is 0 Å². The lowest BCUT2D eigenvalue weighted by atomic mass is 9.83. The van der Waals surface area contributed by atoms with Gasteiger partial charge in [-0.15, -0.1) is 0 Å². The highest BCUT2D eigenvalue weighted by Crippen LogP contribution is 2.35. The molecule has 154 valence electrons. The lowest BCUT2D eigenvalue weighted by Crippen LogP contribution is -2.17. The normalized spacial score (nSPS) is 11.3. The summed E-state index contributed by atoms with van der Waals surface area (Å²) in [5.41, 5.74) is 3.10. The highest BCUT2D eigenvalue weighted by Gasteiger charge is 2.25. The van der Waals surface area contributed by atoms with E-state index >= 15 is 0 Å². The van der Waals surface area contributed by atoms with Crippen molar-refractivity contribution < 1.29 is 13.9 Å². The number of carbonyl (C=O) groups is 1. The Balaban J connectivity index is 2.02. The summed E-state index contributed by atoms with van der Waals surface area (Å²) in [6.07, 6.45) is 3.02. The molecule has 0 bridgehead atoms. The zero-order valence-corrected chi connectivity index (χ0v) is 17.2. The molecule has 0 N–H and O–H groups in total. The van der Waals surface area contributed by atoms with E-state index < -0.39 is 11.6 Å². The summed E-state index contributed by atoms with van der Waals surface area (Å²) < 4.78 is 10.8. The van der Waals surface area contributed by atoms with E-state index in [1.807, 2.05) is 78.9 Å². The van der Waals surface area contributed by atoms with Crippen LogP contribution in [0.15, 0.2) is 100 Å². The van der Waals surface area contributed by atoms with Crippen LogP contribution in [0.25, 0.3) is 17.0 Å². The van der Waals surface area contributed by atoms with Crippen LogP contribution < -0.4 is 5.63 Å². The van der Waals surface area contributed by atoms with E-state index in [4.69, 9.17) is 9.15 Å². The van der Waals surface area contributed by atoms with Crippen LogP contribution in [0.1, 0.15) is 35.1 Å². The average molecular weight is 410 g/mol. The molecule has 0 saturated carbocycles. The Kier molecular flexibility index (Phi) is 6.08. The van der Waals surface area contributed by atoms with Crippen LogP contribution in [0.2, 0.25) is 0 Å². The van der Waals surface area contributed by atoms with Crippen molar-refractivity contribution in [3.63, 3.8) is 0 Å². The van der Waals surface area contributed by atoms with Crippen molar-refractivity contribution in [2.45, 2.75) is 12.8 Å². The van der Waals surface area contributed by atoms with Gasteiger partial charge in [0.15, 0.2) is 0 Å². The van der Waals surface area contributed by atoms with Gasteiger partial charge in [0.1, 0.15) is 5.58 Å². The predicted molar refractivity (Wildman–Crippen MR) is 122 cm³/mol. The molecule has 31 heavy (non-hydrogen) atoms. The predicted octanol–water partition coefficient (Wildman–Crippen LogP) is 5.55. The quantitative estimate of drug-likeness (QED) is 0.238. The van der Waals surface area contributed by atoms with Gasteiger partial charge in [-0.2, -0.15) is 0 Å². The van der Waals surface area contributed by atoms with E-state index in [2.05, 4.69) is 0 Å². The lowest BCUT2D eigenvalue weighted by molar-refractivity contribution is -0.137. The minimum atomic E-state index is -0.457. The molecule has 0 amide bonds. The van der Waals surface area contributed by atoms with E-state index in [0.717, 1.165) is 16.5 Å². The summed E-state index contributed by atoms with van der Waals surface area (Å²) in [5, 5.41) is 0.759. The van der Waals surface area contributed by atoms with Crippen molar-refractivity contribution >= 4 is 23.0 Å². The molecular weight excluding hydrogens is 388 g/mol. The molecule has 4 aromatic rings. The number of para-hydroxylation sites is 1. The third-order valence-electron chi connectivity index (χ3n) is 5.12. The number of fused-ring (bicyclic) bond motifs is 1. The average Bonchev–Trinajstić information content (AvgIpc) is 2.80. The van der Waals surface area contributed by atoms with Gasteiger partial charge in [-0.05, 0) is 35.8 Å². The van der Waals surface area contributed by atoms with Crippen molar-refractivity contribution in [3.8, 4) is 0 Å². The van der Waals surface area contributed by atoms with E-state index in [0.29, 0.717) is 16.7 Å². The molecule has 1 heterocycles. The van der Waals surface area contributed by atoms with Crippen molar-refractivity contribution in [1.82, 2.24) is 0 Å². The molecule has 0 spiro atoms. The zero-order chi connectivity index (χ0) is 21.6. The molecule has 0 saturated heterocycles.